The zero-order chi connectivity index (χ0) is 20.3. The van der Waals surface area contributed by atoms with Crippen LogP contribution in [0.5, 0.6) is 5.75 Å². The number of aromatic carboxylic acids is 1. The van der Waals surface area contributed by atoms with Gasteiger partial charge in [0.2, 0.25) is 0 Å². The molecule has 1 heterocycles. The molecule has 28 heavy (non-hydrogen) atoms. The molecule has 0 aliphatic carbocycles. The number of nitrogens with zero attached hydrogens (tertiary/aromatic N) is 2. The predicted molar refractivity (Wildman–Crippen MR) is 112 cm³/mol. The summed E-state index contributed by atoms with van der Waals surface area (Å²) >= 11 is 3.43. The minimum Gasteiger partial charge on any atom is -0.489 e. The highest BCUT2D eigenvalue weighted by Gasteiger charge is 2.29. The third kappa shape index (κ3) is 4.04. The predicted octanol–water partition coefficient (Wildman–Crippen LogP) is 4.52. The molecule has 7 heteroatoms. The Hall–Kier alpha value is -3.19. The molecule has 6 nitrogen and oxygen atoms in total. The molecule has 1 aliphatic heterocycles. The first-order valence-corrected chi connectivity index (χ1v) is 9.18. The fourth-order valence-electron chi connectivity index (χ4n) is 2.70. The molecule has 0 radical (unpaired) electrons. The lowest BCUT2D eigenvalue weighted by atomic mass is 10.1. The van der Waals surface area contributed by atoms with E-state index < -0.39 is 5.97 Å². The average molecular weight is 441 g/mol. The summed E-state index contributed by atoms with van der Waals surface area (Å²) < 4.78 is 6.51. The Morgan fingerprint density at radius 2 is 2.11 bits per heavy atom. The van der Waals surface area contributed by atoms with Crippen LogP contribution in [0, 0.1) is 0 Å². The van der Waals surface area contributed by atoms with Crippen molar-refractivity contribution < 1.29 is 19.4 Å². The van der Waals surface area contributed by atoms with E-state index in [1.807, 2.05) is 12.1 Å². The van der Waals surface area contributed by atoms with Gasteiger partial charge in [-0.05, 0) is 49.4 Å². The van der Waals surface area contributed by atoms with Gasteiger partial charge in [0.15, 0.2) is 0 Å². The van der Waals surface area contributed by atoms with Gasteiger partial charge >= 0.3 is 5.97 Å². The van der Waals surface area contributed by atoms with E-state index in [4.69, 9.17) is 9.84 Å². The summed E-state index contributed by atoms with van der Waals surface area (Å²) in [6, 6.07) is 11.6. The molecule has 0 fully saturated rings. The fourth-order valence-corrected chi connectivity index (χ4v) is 3.08. The Morgan fingerprint density at radius 3 is 2.82 bits per heavy atom. The molecule has 0 unspecified atom stereocenters. The largest absolute Gasteiger partial charge is 0.489 e. The van der Waals surface area contributed by atoms with E-state index in [0.29, 0.717) is 29.3 Å². The molecule has 0 bridgehead atoms. The number of ether oxygens (including phenoxy) is 1. The maximum absolute atomic E-state index is 12.9. The second kappa shape index (κ2) is 8.22. The van der Waals surface area contributed by atoms with Gasteiger partial charge in [-0.2, -0.15) is 10.1 Å². The number of benzene rings is 2. The van der Waals surface area contributed by atoms with Crippen LogP contribution in [0.4, 0.5) is 5.69 Å². The van der Waals surface area contributed by atoms with Crippen molar-refractivity contribution in [1.29, 1.82) is 0 Å². The summed E-state index contributed by atoms with van der Waals surface area (Å²) in [6.07, 6.45) is 3.36. The molecule has 2 aromatic rings. The molecular weight excluding hydrogens is 424 g/mol. The van der Waals surface area contributed by atoms with Crippen LogP contribution in [0.2, 0.25) is 0 Å². The smallest absolute Gasteiger partial charge is 0.335 e. The standard InChI is InChI=1S/C21H17BrN2O4/c1-3-9-28-19-8-7-16(22)10-15(19)12-18-13(2)23-24(20(18)25)17-6-4-5-14(11-17)21(26)27/h3-8,10-12H,1,9H2,2H3,(H,26,27)/b18-12-. The third-order valence-electron chi connectivity index (χ3n) is 4.03. The fraction of sp³-hybridized carbons (Fsp3) is 0.0952. The van der Waals surface area contributed by atoms with Crippen molar-refractivity contribution in [3.05, 3.63) is 76.3 Å². The Morgan fingerprint density at radius 1 is 1.32 bits per heavy atom. The number of hydrogen-bond donors (Lipinski definition) is 1. The van der Waals surface area contributed by atoms with Gasteiger partial charge in [-0.15, -0.1) is 0 Å². The molecule has 2 aromatic carbocycles. The molecule has 0 spiro atoms. The molecule has 142 valence electrons. The number of amides is 1. The van der Waals surface area contributed by atoms with Crippen molar-refractivity contribution in [2.45, 2.75) is 6.92 Å². The van der Waals surface area contributed by atoms with E-state index in [1.54, 1.807) is 37.3 Å². The van der Waals surface area contributed by atoms with Gasteiger partial charge in [-0.25, -0.2) is 4.79 Å². The third-order valence-corrected chi connectivity index (χ3v) is 4.52. The number of carbonyl (C=O) groups excluding carboxylic acids is 1. The van der Waals surface area contributed by atoms with Crippen molar-refractivity contribution in [3.8, 4) is 5.75 Å². The Balaban J connectivity index is 1.97. The van der Waals surface area contributed by atoms with Crippen molar-refractivity contribution in [2.75, 3.05) is 11.6 Å². The summed E-state index contributed by atoms with van der Waals surface area (Å²) in [5.41, 5.74) is 2.13. The first kappa shape index (κ1) is 19.6. The molecule has 3 rings (SSSR count). The van der Waals surface area contributed by atoms with Gasteiger partial charge in [0, 0.05) is 10.0 Å². The number of anilines is 1. The average Bonchev–Trinajstić information content (AvgIpc) is 2.96. The van der Waals surface area contributed by atoms with Gasteiger partial charge in [0.25, 0.3) is 5.91 Å². The summed E-state index contributed by atoms with van der Waals surface area (Å²) in [4.78, 5) is 24.1. The maximum atomic E-state index is 12.9. The molecule has 0 atom stereocenters. The van der Waals surface area contributed by atoms with Crippen molar-refractivity contribution in [1.82, 2.24) is 0 Å². The zero-order valence-electron chi connectivity index (χ0n) is 15.1. The molecule has 1 amide bonds. The number of hydrogen-bond acceptors (Lipinski definition) is 4. The number of halogens is 1. The number of hydrazone groups is 1. The van der Waals surface area contributed by atoms with Crippen molar-refractivity contribution >= 4 is 45.3 Å². The van der Waals surface area contributed by atoms with E-state index in [1.165, 1.54) is 17.1 Å². The van der Waals surface area contributed by atoms with E-state index >= 15 is 0 Å². The van der Waals surface area contributed by atoms with Crippen LogP contribution in [0.1, 0.15) is 22.8 Å². The summed E-state index contributed by atoms with van der Waals surface area (Å²) in [5.74, 6) is -0.791. The topological polar surface area (TPSA) is 79.2 Å². The van der Waals surface area contributed by atoms with Crippen molar-refractivity contribution in [2.24, 2.45) is 5.10 Å². The Labute approximate surface area is 170 Å². The van der Waals surface area contributed by atoms with E-state index in [-0.39, 0.29) is 11.5 Å². The quantitative estimate of drug-likeness (QED) is 0.528. The highest BCUT2D eigenvalue weighted by atomic mass is 79.9. The van der Waals surface area contributed by atoms with Crippen LogP contribution >= 0.6 is 15.9 Å². The number of carboxylic acids is 1. The van der Waals surface area contributed by atoms with Crippen LogP contribution in [-0.4, -0.2) is 29.3 Å². The van der Waals surface area contributed by atoms with Gasteiger partial charge in [0.1, 0.15) is 12.4 Å². The van der Waals surface area contributed by atoms with E-state index in [0.717, 1.165) is 10.0 Å². The highest BCUT2D eigenvalue weighted by Crippen LogP contribution is 2.30. The molecule has 1 aliphatic rings. The number of rotatable bonds is 6. The number of carbonyl (C=O) groups is 2. The Kier molecular flexibility index (Phi) is 5.75. The monoisotopic (exact) mass is 440 g/mol. The molecule has 0 saturated carbocycles. The second-order valence-corrected chi connectivity index (χ2v) is 6.91. The van der Waals surface area contributed by atoms with Gasteiger partial charge in [-0.1, -0.05) is 34.7 Å². The van der Waals surface area contributed by atoms with Gasteiger partial charge in [0.05, 0.1) is 22.5 Å². The van der Waals surface area contributed by atoms with Crippen LogP contribution in [0.15, 0.2) is 70.3 Å². The van der Waals surface area contributed by atoms with Gasteiger partial charge in [-0.3, -0.25) is 4.79 Å². The molecule has 0 aromatic heterocycles. The highest BCUT2D eigenvalue weighted by molar-refractivity contribution is 9.10. The maximum Gasteiger partial charge on any atom is 0.335 e. The molecule has 1 N–H and O–H groups in total. The van der Waals surface area contributed by atoms with Crippen molar-refractivity contribution in [3.63, 3.8) is 0 Å². The Bertz CT molecular complexity index is 1030. The lowest BCUT2D eigenvalue weighted by Crippen LogP contribution is -2.21. The number of carboxylic acid groups (broad SMARTS) is 1. The van der Waals surface area contributed by atoms with Crippen LogP contribution in [-0.2, 0) is 4.79 Å². The lowest BCUT2D eigenvalue weighted by Gasteiger charge is -2.12. The summed E-state index contributed by atoms with van der Waals surface area (Å²) in [7, 11) is 0. The van der Waals surface area contributed by atoms with Crippen LogP contribution in [0.3, 0.4) is 0 Å². The lowest BCUT2D eigenvalue weighted by molar-refractivity contribution is -0.114. The summed E-state index contributed by atoms with van der Waals surface area (Å²) in [6.45, 7) is 5.71. The minimum absolute atomic E-state index is 0.0858. The van der Waals surface area contributed by atoms with Crippen LogP contribution < -0.4 is 9.75 Å². The normalized spacial score (nSPS) is 14.9. The SMILES string of the molecule is C=CCOc1ccc(Br)cc1/C=C1\C(=O)N(c2cccc(C(=O)O)c2)N=C1C. The first-order valence-electron chi connectivity index (χ1n) is 8.39. The van der Waals surface area contributed by atoms with E-state index in [9.17, 15) is 9.59 Å². The minimum atomic E-state index is -1.07. The van der Waals surface area contributed by atoms with Crippen LogP contribution in [0.25, 0.3) is 6.08 Å². The summed E-state index contributed by atoms with van der Waals surface area (Å²) in [5, 5.41) is 14.7. The zero-order valence-corrected chi connectivity index (χ0v) is 16.6. The molecular formula is C21H17BrN2O4. The van der Waals surface area contributed by atoms with E-state index in [2.05, 4.69) is 27.6 Å². The first-order chi connectivity index (χ1) is 13.4. The van der Waals surface area contributed by atoms with Gasteiger partial charge < -0.3 is 9.84 Å². The molecule has 0 saturated heterocycles. The second-order valence-electron chi connectivity index (χ2n) is 6.00.